The first-order valence-electron chi connectivity index (χ1n) is 3.87. The Balaban J connectivity index is 2.94. The zero-order valence-electron chi connectivity index (χ0n) is 7.65. The van der Waals surface area contributed by atoms with Gasteiger partial charge in [0.1, 0.15) is 0 Å². The Kier molecular flexibility index (Phi) is 5.28. The van der Waals surface area contributed by atoms with Gasteiger partial charge < -0.3 is 0 Å². The van der Waals surface area contributed by atoms with Gasteiger partial charge >= 0.3 is 105 Å². The Labute approximate surface area is 105 Å². The van der Waals surface area contributed by atoms with Crippen LogP contribution in [0.15, 0.2) is 24.3 Å². The van der Waals surface area contributed by atoms with Crippen LogP contribution in [0.4, 0.5) is 0 Å². The van der Waals surface area contributed by atoms with Crippen LogP contribution >= 0.6 is 0 Å². The standard InChI is InChI=1S/C8H6O4.2O.2V/c9-7(10)5-2-1-3-6(4-5)8(11)12;;;;/h1-4H,(H,9,10)(H,11,12);;;;/q;;;2*+1/p-2. The van der Waals surface area contributed by atoms with Gasteiger partial charge in [0, 0.05) is 0 Å². The molecule has 0 aliphatic carbocycles. The molecule has 0 aromatic heterocycles. The van der Waals surface area contributed by atoms with Crippen LogP contribution in [0.3, 0.4) is 0 Å². The van der Waals surface area contributed by atoms with E-state index in [9.17, 15) is 16.9 Å². The predicted octanol–water partition coefficient (Wildman–Crippen LogP) is 0.686. The van der Waals surface area contributed by atoms with Crippen LogP contribution in [0, 0.1) is 0 Å². The van der Waals surface area contributed by atoms with Crippen LogP contribution in [0.1, 0.15) is 20.7 Å². The number of benzene rings is 1. The van der Waals surface area contributed by atoms with E-state index in [4.69, 9.17) is 0 Å². The van der Waals surface area contributed by atoms with Crippen LogP contribution in [0.2, 0.25) is 0 Å². The van der Waals surface area contributed by atoms with E-state index in [0.717, 1.165) is 0 Å². The fourth-order valence-corrected chi connectivity index (χ4v) is 1.49. The molecule has 1 rings (SSSR count). The molecule has 0 bridgehead atoms. The number of carbonyl (C=O) groups excluding carboxylic acids is 2. The zero-order valence-corrected chi connectivity index (χ0v) is 10.4. The van der Waals surface area contributed by atoms with Gasteiger partial charge in [-0.05, 0) is 0 Å². The summed E-state index contributed by atoms with van der Waals surface area (Å²) >= 11 is -3.45. The Bertz CT molecular complexity index is 407. The van der Waals surface area contributed by atoms with Gasteiger partial charge in [0.25, 0.3) is 0 Å². The molecule has 0 unspecified atom stereocenters. The van der Waals surface area contributed by atoms with Gasteiger partial charge in [-0.15, -0.1) is 0 Å². The molecule has 0 saturated carbocycles. The van der Waals surface area contributed by atoms with Gasteiger partial charge in [-0.1, -0.05) is 0 Å². The van der Waals surface area contributed by atoms with E-state index in [1.165, 1.54) is 24.3 Å². The molecule has 0 saturated heterocycles. The third-order valence-corrected chi connectivity index (χ3v) is 2.32. The SMILES string of the molecule is [O]=[V][O]C(=O)c1cccc(C(=O)[O][V]=[O])c1. The van der Waals surface area contributed by atoms with Crippen molar-refractivity contribution >= 4 is 11.9 Å². The summed E-state index contributed by atoms with van der Waals surface area (Å²) in [5.74, 6) is -1.56. The summed E-state index contributed by atoms with van der Waals surface area (Å²) in [7, 11) is 0. The predicted molar refractivity (Wildman–Crippen MR) is 38.6 cm³/mol. The molecule has 1 aromatic carbocycles. The van der Waals surface area contributed by atoms with Crippen molar-refractivity contribution in [1.29, 1.82) is 0 Å². The number of hydrogen-bond donors (Lipinski definition) is 0. The molecule has 0 N–H and O–H groups in total. The first-order valence-corrected chi connectivity index (χ1v) is 6.15. The van der Waals surface area contributed by atoms with E-state index in [-0.39, 0.29) is 11.1 Å². The molecule has 0 radical (unpaired) electrons. The van der Waals surface area contributed by atoms with E-state index >= 15 is 0 Å². The van der Waals surface area contributed by atoms with Gasteiger partial charge in [0.2, 0.25) is 0 Å². The summed E-state index contributed by atoms with van der Waals surface area (Å²) in [6.07, 6.45) is 0. The number of carbonyl (C=O) groups is 2. The van der Waals surface area contributed by atoms with Crippen molar-refractivity contribution < 1.29 is 57.4 Å². The van der Waals surface area contributed by atoms with Crippen molar-refractivity contribution in [1.82, 2.24) is 0 Å². The topological polar surface area (TPSA) is 86.7 Å². The second-order valence-corrected chi connectivity index (χ2v) is 3.52. The first-order chi connectivity index (χ1) is 7.69. The van der Waals surface area contributed by atoms with Crippen LogP contribution in [-0.4, -0.2) is 11.9 Å². The van der Waals surface area contributed by atoms with Crippen molar-refractivity contribution in [3.05, 3.63) is 35.4 Å². The number of rotatable bonds is 4. The number of hydrogen-bond acceptors (Lipinski definition) is 6. The average molecular weight is 298 g/mol. The van der Waals surface area contributed by atoms with Crippen LogP contribution in [0.25, 0.3) is 0 Å². The average Bonchev–Trinajstić information content (AvgIpc) is 2.30. The molecule has 8 heteroatoms. The fourth-order valence-electron chi connectivity index (χ4n) is 0.946. The maximum atomic E-state index is 11.2. The van der Waals surface area contributed by atoms with Crippen molar-refractivity contribution in [3.63, 3.8) is 0 Å². The second kappa shape index (κ2) is 6.50. The second-order valence-electron chi connectivity index (χ2n) is 2.49. The summed E-state index contributed by atoms with van der Waals surface area (Å²) in [5, 5.41) is 0. The van der Waals surface area contributed by atoms with Crippen LogP contribution in [-0.2, 0) is 47.8 Å². The van der Waals surface area contributed by atoms with Gasteiger partial charge in [-0.3, -0.25) is 0 Å². The summed E-state index contributed by atoms with van der Waals surface area (Å²) in [6.45, 7) is 0. The molecule has 6 nitrogen and oxygen atoms in total. The Morgan fingerprint density at radius 3 is 1.75 bits per heavy atom. The van der Waals surface area contributed by atoms with Crippen LogP contribution in [0.5, 0.6) is 0 Å². The Hall–Kier alpha value is -1.07. The zero-order chi connectivity index (χ0) is 12.0. The van der Waals surface area contributed by atoms with E-state index in [2.05, 4.69) is 7.32 Å². The van der Waals surface area contributed by atoms with E-state index < -0.39 is 45.1 Å². The van der Waals surface area contributed by atoms with Crippen molar-refractivity contribution in [3.8, 4) is 0 Å². The third-order valence-electron chi connectivity index (χ3n) is 1.57. The molecule has 82 valence electrons. The molecular formula is C8H4O6V2. The van der Waals surface area contributed by atoms with Gasteiger partial charge in [-0.25, -0.2) is 0 Å². The summed E-state index contributed by atoms with van der Waals surface area (Å²) in [6, 6.07) is 5.47. The molecule has 0 fully saturated rings. The van der Waals surface area contributed by atoms with Crippen molar-refractivity contribution in [2.75, 3.05) is 0 Å². The Morgan fingerprint density at radius 2 is 1.38 bits per heavy atom. The quantitative estimate of drug-likeness (QED) is 0.812. The Morgan fingerprint density at radius 1 is 0.938 bits per heavy atom. The minimum absolute atomic E-state index is 0.0859. The molecule has 0 atom stereocenters. The van der Waals surface area contributed by atoms with Crippen molar-refractivity contribution in [2.24, 2.45) is 0 Å². The third kappa shape index (κ3) is 3.50. The fraction of sp³-hybridized carbons (Fsp3) is 0. The molecule has 0 aliphatic rings. The molecule has 0 heterocycles. The molecule has 0 amide bonds. The van der Waals surface area contributed by atoms with E-state index in [1.807, 2.05) is 0 Å². The minimum atomic E-state index is -1.72. The summed E-state index contributed by atoms with van der Waals surface area (Å²) < 4.78 is 28.9. The van der Waals surface area contributed by atoms with E-state index in [0.29, 0.717) is 0 Å². The van der Waals surface area contributed by atoms with E-state index in [1.54, 1.807) is 0 Å². The van der Waals surface area contributed by atoms with Crippen LogP contribution < -0.4 is 0 Å². The first kappa shape index (κ1) is 13.0. The van der Waals surface area contributed by atoms with Crippen molar-refractivity contribution in [2.45, 2.75) is 0 Å². The van der Waals surface area contributed by atoms with Gasteiger partial charge in [0.05, 0.1) is 0 Å². The maximum absolute atomic E-state index is 11.2. The summed E-state index contributed by atoms with van der Waals surface area (Å²) in [5.41, 5.74) is 0.172. The molecule has 1 aromatic rings. The molecule has 16 heavy (non-hydrogen) atoms. The molecule has 0 spiro atoms. The molecular weight excluding hydrogens is 294 g/mol. The molecule has 0 aliphatic heterocycles. The summed E-state index contributed by atoms with van der Waals surface area (Å²) in [4.78, 5) is 22.3. The monoisotopic (exact) mass is 298 g/mol. The normalized spacial score (nSPS) is 9.00. The van der Waals surface area contributed by atoms with Gasteiger partial charge in [-0.2, -0.15) is 0 Å². The van der Waals surface area contributed by atoms with Gasteiger partial charge in [0.15, 0.2) is 0 Å².